The smallest absolute Gasteiger partial charge is 0.275 e. The molecule has 1 aromatic carbocycles. The Balaban J connectivity index is 1.99. The number of halogens is 2. The number of nitrogens with one attached hydrogen (secondary N) is 1. The van der Waals surface area contributed by atoms with E-state index in [1.165, 1.54) is 38.7 Å². The van der Waals surface area contributed by atoms with Crippen molar-refractivity contribution in [2.75, 3.05) is 45.1 Å². The van der Waals surface area contributed by atoms with E-state index in [1.54, 1.807) is 0 Å². The van der Waals surface area contributed by atoms with Crippen molar-refractivity contribution in [2.45, 2.75) is 5.54 Å². The summed E-state index contributed by atoms with van der Waals surface area (Å²) in [6.45, 7) is -1.63. The van der Waals surface area contributed by atoms with E-state index in [9.17, 15) is 22.0 Å². The molecule has 1 unspecified atom stereocenters. The highest BCUT2D eigenvalue weighted by molar-refractivity contribution is 7.89. The number of nitrogens with two attached hydrogens (primary N) is 1. The van der Waals surface area contributed by atoms with Crippen molar-refractivity contribution in [3.8, 4) is 5.88 Å². The summed E-state index contributed by atoms with van der Waals surface area (Å²) >= 11 is 0. The number of ether oxygens (including phenoxy) is 2. The zero-order valence-electron chi connectivity index (χ0n) is 17.8. The van der Waals surface area contributed by atoms with E-state index in [-0.39, 0.29) is 35.4 Å². The van der Waals surface area contributed by atoms with Crippen LogP contribution in [0.1, 0.15) is 16.1 Å². The summed E-state index contributed by atoms with van der Waals surface area (Å²) in [5, 5.41) is 2.54. The summed E-state index contributed by atoms with van der Waals surface area (Å²) in [5.74, 6) is -2.30. The Morgan fingerprint density at radius 2 is 2.09 bits per heavy atom. The monoisotopic (exact) mass is 484 g/mol. The average Bonchev–Trinajstić information content (AvgIpc) is 2.78. The summed E-state index contributed by atoms with van der Waals surface area (Å²) in [6.07, 6.45) is 2.45. The van der Waals surface area contributed by atoms with E-state index in [0.29, 0.717) is 0 Å². The second kappa shape index (κ2) is 9.62. The molecule has 0 fully saturated rings. The normalized spacial score (nSPS) is 19.6. The van der Waals surface area contributed by atoms with Gasteiger partial charge in [0.2, 0.25) is 21.9 Å². The SMILES string of the molecule is COc1cnc(C(=O)Nc2ccc(F)c(C3(COCCF)CS(=O)(=O)N(C)C(N)=N3)c2)cn1. The number of hydrogen-bond donors (Lipinski definition) is 2. The number of sulfonamides is 1. The van der Waals surface area contributed by atoms with Crippen LogP contribution in [0.25, 0.3) is 0 Å². The van der Waals surface area contributed by atoms with Gasteiger partial charge in [0.25, 0.3) is 5.91 Å². The number of hydrogen-bond acceptors (Lipinski definition) is 9. The van der Waals surface area contributed by atoms with Crippen LogP contribution in [-0.4, -0.2) is 74.4 Å². The van der Waals surface area contributed by atoms with E-state index in [1.807, 2.05) is 0 Å². The molecule has 33 heavy (non-hydrogen) atoms. The van der Waals surface area contributed by atoms with E-state index in [4.69, 9.17) is 15.2 Å². The molecule has 1 atom stereocenters. The Kier molecular flexibility index (Phi) is 7.07. The number of nitrogens with zero attached hydrogens (tertiary/aromatic N) is 4. The van der Waals surface area contributed by atoms with Gasteiger partial charge in [-0.05, 0) is 18.2 Å². The number of aliphatic imine (C=N–C) groups is 1. The molecule has 1 aromatic heterocycles. The molecule has 1 amide bonds. The van der Waals surface area contributed by atoms with Crippen molar-refractivity contribution in [2.24, 2.45) is 10.7 Å². The number of rotatable bonds is 8. The van der Waals surface area contributed by atoms with E-state index in [0.717, 1.165) is 10.4 Å². The summed E-state index contributed by atoms with van der Waals surface area (Å²) in [6, 6.07) is 3.54. The Labute approximate surface area is 188 Å². The highest BCUT2D eigenvalue weighted by Gasteiger charge is 2.45. The van der Waals surface area contributed by atoms with Crippen molar-refractivity contribution in [1.82, 2.24) is 14.3 Å². The standard InChI is InChI=1S/C19H22F2N6O5S/c1-27-18(22)26-19(10-32-6-5-20,11-33(27,29)30)13-7-12(3-4-14(13)21)25-17(28)15-8-24-16(31-2)9-23-15/h3-4,7-9H,5-6,10-11H2,1-2H3,(H2,22,26)(H,25,28). The number of alkyl halides is 1. The van der Waals surface area contributed by atoms with Crippen LogP contribution in [0.2, 0.25) is 0 Å². The Hall–Kier alpha value is -3.39. The summed E-state index contributed by atoms with van der Waals surface area (Å²) in [5.41, 5.74) is 3.89. The molecule has 0 saturated carbocycles. The molecular formula is C19H22F2N6O5S. The van der Waals surface area contributed by atoms with Crippen LogP contribution in [0.15, 0.2) is 35.6 Å². The molecule has 3 N–H and O–H groups in total. The van der Waals surface area contributed by atoms with Gasteiger partial charge in [0, 0.05) is 18.3 Å². The molecule has 2 heterocycles. The Morgan fingerprint density at radius 3 is 2.70 bits per heavy atom. The molecule has 178 valence electrons. The first kappa shape index (κ1) is 24.3. The van der Waals surface area contributed by atoms with Crippen LogP contribution in [0.3, 0.4) is 0 Å². The van der Waals surface area contributed by atoms with Gasteiger partial charge in [-0.25, -0.2) is 36.5 Å². The van der Waals surface area contributed by atoms with Crippen LogP contribution >= 0.6 is 0 Å². The Bertz CT molecular complexity index is 1160. The minimum Gasteiger partial charge on any atom is -0.480 e. The largest absolute Gasteiger partial charge is 0.480 e. The van der Waals surface area contributed by atoms with Crippen LogP contribution in [0, 0.1) is 5.82 Å². The predicted octanol–water partition coefficient (Wildman–Crippen LogP) is 0.648. The van der Waals surface area contributed by atoms with E-state index >= 15 is 0 Å². The first-order chi connectivity index (χ1) is 15.6. The second-order valence-corrected chi connectivity index (χ2v) is 9.06. The third-order valence-corrected chi connectivity index (χ3v) is 6.71. The number of anilines is 1. The van der Waals surface area contributed by atoms with Gasteiger partial charge in [-0.15, -0.1) is 0 Å². The topological polar surface area (TPSA) is 149 Å². The number of benzene rings is 1. The zero-order chi connectivity index (χ0) is 24.2. The summed E-state index contributed by atoms with van der Waals surface area (Å²) in [4.78, 5) is 24.5. The minimum atomic E-state index is -3.99. The number of amides is 1. The number of guanidine groups is 1. The highest BCUT2D eigenvalue weighted by atomic mass is 32.2. The second-order valence-electron chi connectivity index (χ2n) is 7.06. The lowest BCUT2D eigenvalue weighted by Crippen LogP contribution is -2.53. The molecule has 14 heteroatoms. The molecule has 0 spiro atoms. The van der Waals surface area contributed by atoms with Crippen LogP contribution in [-0.2, 0) is 20.3 Å². The molecule has 3 rings (SSSR count). The maximum Gasteiger partial charge on any atom is 0.275 e. The lowest BCUT2D eigenvalue weighted by Gasteiger charge is -2.37. The number of aromatic nitrogens is 2. The molecule has 1 aliphatic heterocycles. The lowest BCUT2D eigenvalue weighted by atomic mass is 9.92. The van der Waals surface area contributed by atoms with Crippen LogP contribution < -0.4 is 15.8 Å². The van der Waals surface area contributed by atoms with Crippen molar-refractivity contribution >= 4 is 27.6 Å². The van der Waals surface area contributed by atoms with Gasteiger partial charge >= 0.3 is 0 Å². The molecule has 0 aliphatic carbocycles. The van der Waals surface area contributed by atoms with Gasteiger partial charge in [-0.2, -0.15) is 0 Å². The molecule has 0 radical (unpaired) electrons. The molecular weight excluding hydrogens is 462 g/mol. The van der Waals surface area contributed by atoms with Gasteiger partial charge in [0.15, 0.2) is 0 Å². The van der Waals surface area contributed by atoms with Crippen molar-refractivity contribution in [3.63, 3.8) is 0 Å². The van der Waals surface area contributed by atoms with E-state index < -0.39 is 46.3 Å². The van der Waals surface area contributed by atoms with Gasteiger partial charge < -0.3 is 20.5 Å². The van der Waals surface area contributed by atoms with Crippen molar-refractivity contribution in [3.05, 3.63) is 47.7 Å². The molecule has 11 nitrogen and oxygen atoms in total. The van der Waals surface area contributed by atoms with Crippen molar-refractivity contribution in [1.29, 1.82) is 0 Å². The van der Waals surface area contributed by atoms with Crippen molar-refractivity contribution < 1.29 is 31.5 Å². The van der Waals surface area contributed by atoms with Gasteiger partial charge in [0.1, 0.15) is 29.5 Å². The number of carbonyl (C=O) groups excluding carboxylic acids is 1. The maximum absolute atomic E-state index is 14.9. The summed E-state index contributed by atoms with van der Waals surface area (Å²) < 4.78 is 63.7. The predicted molar refractivity (Wildman–Crippen MR) is 115 cm³/mol. The van der Waals surface area contributed by atoms with Gasteiger partial charge in [-0.3, -0.25) is 4.79 Å². The molecule has 0 bridgehead atoms. The molecule has 2 aromatic rings. The lowest BCUT2D eigenvalue weighted by molar-refractivity contribution is 0.0792. The first-order valence-corrected chi connectivity index (χ1v) is 11.2. The fraction of sp³-hybridized carbons (Fsp3) is 0.368. The quantitative estimate of drug-likeness (QED) is 0.519. The average molecular weight is 484 g/mol. The highest BCUT2D eigenvalue weighted by Crippen LogP contribution is 2.35. The minimum absolute atomic E-state index is 0.0354. The molecule has 1 aliphatic rings. The third kappa shape index (κ3) is 5.17. The first-order valence-electron chi connectivity index (χ1n) is 9.55. The fourth-order valence-electron chi connectivity index (χ4n) is 3.14. The van der Waals surface area contributed by atoms with Crippen LogP contribution in [0.4, 0.5) is 14.5 Å². The Morgan fingerprint density at radius 1 is 1.33 bits per heavy atom. The van der Waals surface area contributed by atoms with E-state index in [2.05, 4.69) is 20.3 Å². The fourth-order valence-corrected chi connectivity index (χ4v) is 4.57. The number of methoxy groups -OCH3 is 1. The molecule has 0 saturated heterocycles. The zero-order valence-corrected chi connectivity index (χ0v) is 18.6. The van der Waals surface area contributed by atoms with Crippen LogP contribution in [0.5, 0.6) is 5.88 Å². The van der Waals surface area contributed by atoms with Gasteiger partial charge in [0.05, 0.1) is 32.7 Å². The maximum atomic E-state index is 14.9. The number of carbonyl (C=O) groups is 1. The third-order valence-electron chi connectivity index (χ3n) is 4.85. The van der Waals surface area contributed by atoms with Gasteiger partial charge in [-0.1, -0.05) is 0 Å². The summed E-state index contributed by atoms with van der Waals surface area (Å²) in [7, 11) is -1.38.